The van der Waals surface area contributed by atoms with Gasteiger partial charge in [0.2, 0.25) is 0 Å². The first kappa shape index (κ1) is 31.9. The first-order valence-corrected chi connectivity index (χ1v) is 16.9. The van der Waals surface area contributed by atoms with Crippen molar-refractivity contribution in [3.05, 3.63) is 11.6 Å². The van der Waals surface area contributed by atoms with Crippen molar-refractivity contribution >= 4 is 5.97 Å². The number of allylic oxidation sites excluding steroid dienone is 2. The summed E-state index contributed by atoms with van der Waals surface area (Å²) < 4.78 is 12.0. The summed E-state index contributed by atoms with van der Waals surface area (Å²) in [6.07, 6.45) is 6.03. The highest BCUT2D eigenvalue weighted by atomic mass is 16.7. The lowest BCUT2D eigenvalue weighted by Gasteiger charge is -2.71. The molecule has 0 radical (unpaired) electrons. The number of hydrogen-bond acceptors (Lipinski definition) is 7. The highest BCUT2D eigenvalue weighted by Gasteiger charge is 2.70. The smallest absolute Gasteiger partial charge is 0.310 e. The molecule has 0 amide bonds. The quantitative estimate of drug-likeness (QED) is 0.231. The predicted octanol–water partition coefficient (Wildman–Crippen LogP) is 4.67. The van der Waals surface area contributed by atoms with Crippen molar-refractivity contribution in [1.82, 2.24) is 0 Å². The maximum Gasteiger partial charge on any atom is 0.310 e. The zero-order valence-electron chi connectivity index (χ0n) is 27.1. The highest BCUT2D eigenvalue weighted by molar-refractivity contribution is 5.76. The van der Waals surface area contributed by atoms with E-state index >= 15 is 0 Å². The lowest BCUT2D eigenvalue weighted by molar-refractivity contribution is -0.312. The summed E-state index contributed by atoms with van der Waals surface area (Å²) >= 11 is 0. The SMILES string of the molecule is CC1(C)CC[C@]2(C(=O)O)CC[C@]3(C)C(=CCC4[C@@]5(C)CC[C@H](O[C@@H]6OC[C@H](O)[C@H](O)[C@H]6O)[C@@](C)(CO)[C@@H]5CC[C@]43C)[C@@H]2C1. The molecule has 4 saturated carbocycles. The minimum absolute atomic E-state index is 0.0154. The molecule has 8 nitrogen and oxygen atoms in total. The van der Waals surface area contributed by atoms with E-state index in [2.05, 4.69) is 47.6 Å². The molecule has 0 spiro atoms. The molecule has 1 saturated heterocycles. The molecule has 5 fully saturated rings. The molecule has 0 bridgehead atoms. The van der Waals surface area contributed by atoms with Gasteiger partial charge in [0.15, 0.2) is 6.29 Å². The van der Waals surface area contributed by atoms with Crippen LogP contribution in [0.5, 0.6) is 0 Å². The molecule has 6 aliphatic rings. The second kappa shape index (κ2) is 10.2. The van der Waals surface area contributed by atoms with E-state index in [-0.39, 0.29) is 52.8 Å². The van der Waals surface area contributed by atoms with Crippen LogP contribution >= 0.6 is 0 Å². The minimum Gasteiger partial charge on any atom is -0.481 e. The van der Waals surface area contributed by atoms with Gasteiger partial charge in [-0.25, -0.2) is 0 Å². The van der Waals surface area contributed by atoms with E-state index in [9.17, 15) is 30.3 Å². The summed E-state index contributed by atoms with van der Waals surface area (Å²) in [6.45, 7) is 13.9. The number of fused-ring (bicyclic) bond motifs is 7. The molecule has 5 aliphatic carbocycles. The van der Waals surface area contributed by atoms with Crippen molar-refractivity contribution in [3.63, 3.8) is 0 Å². The van der Waals surface area contributed by atoms with Gasteiger partial charge < -0.3 is 35.0 Å². The fourth-order valence-corrected chi connectivity index (χ4v) is 11.9. The number of rotatable bonds is 4. The summed E-state index contributed by atoms with van der Waals surface area (Å²) in [5, 5.41) is 52.3. The van der Waals surface area contributed by atoms with Crippen LogP contribution in [0.4, 0.5) is 0 Å². The largest absolute Gasteiger partial charge is 0.481 e. The molecule has 0 aromatic rings. The highest BCUT2D eigenvalue weighted by Crippen LogP contribution is 2.76. The summed E-state index contributed by atoms with van der Waals surface area (Å²) in [4.78, 5) is 12.9. The zero-order chi connectivity index (χ0) is 31.4. The molecule has 8 heteroatoms. The molecule has 244 valence electrons. The van der Waals surface area contributed by atoms with E-state index in [1.54, 1.807) is 0 Å². The second-order valence-electron chi connectivity index (χ2n) is 17.3. The topological polar surface area (TPSA) is 137 Å². The monoisotopic (exact) mass is 604 g/mol. The van der Waals surface area contributed by atoms with E-state index in [0.717, 1.165) is 57.8 Å². The Labute approximate surface area is 257 Å². The van der Waals surface area contributed by atoms with Crippen LogP contribution in [0.1, 0.15) is 106 Å². The van der Waals surface area contributed by atoms with Crippen molar-refractivity contribution in [2.24, 2.45) is 50.2 Å². The maximum absolute atomic E-state index is 12.9. The van der Waals surface area contributed by atoms with Crippen LogP contribution in [0.3, 0.4) is 0 Å². The molecule has 43 heavy (non-hydrogen) atoms. The van der Waals surface area contributed by atoms with E-state index in [0.29, 0.717) is 12.3 Å². The minimum atomic E-state index is -1.36. The van der Waals surface area contributed by atoms with Gasteiger partial charge in [-0.15, -0.1) is 0 Å². The lowest BCUT2D eigenvalue weighted by atomic mass is 9.33. The molecule has 1 aliphatic heterocycles. The van der Waals surface area contributed by atoms with Crippen LogP contribution in [0.15, 0.2) is 11.6 Å². The van der Waals surface area contributed by atoms with Gasteiger partial charge >= 0.3 is 5.97 Å². The predicted molar refractivity (Wildman–Crippen MR) is 161 cm³/mol. The third-order valence-corrected chi connectivity index (χ3v) is 14.9. The van der Waals surface area contributed by atoms with E-state index in [1.165, 1.54) is 5.57 Å². The Hall–Kier alpha value is -1.03. The molecule has 1 unspecified atom stereocenters. The van der Waals surface area contributed by atoms with E-state index in [1.807, 2.05) is 0 Å². The molecule has 13 atom stereocenters. The van der Waals surface area contributed by atoms with E-state index < -0.39 is 41.4 Å². The van der Waals surface area contributed by atoms with Crippen molar-refractivity contribution in [2.75, 3.05) is 13.2 Å². The van der Waals surface area contributed by atoms with Crippen LogP contribution in [0.2, 0.25) is 0 Å². The molecule has 6 rings (SSSR count). The number of carbonyl (C=O) groups is 1. The molecule has 0 aromatic carbocycles. The average molecular weight is 605 g/mol. The van der Waals surface area contributed by atoms with Crippen molar-refractivity contribution < 1.29 is 39.8 Å². The Kier molecular flexibility index (Phi) is 7.60. The molecular formula is C35H56O8. The Morgan fingerprint density at radius 3 is 2.30 bits per heavy atom. The van der Waals surface area contributed by atoms with Crippen LogP contribution in [0.25, 0.3) is 0 Å². The Morgan fingerprint density at radius 2 is 1.63 bits per heavy atom. The Morgan fingerprint density at radius 1 is 0.930 bits per heavy atom. The summed E-state index contributed by atoms with van der Waals surface area (Å²) in [5.41, 5.74) is 0.232. The van der Waals surface area contributed by atoms with Crippen molar-refractivity contribution in [3.8, 4) is 0 Å². The molecular weight excluding hydrogens is 548 g/mol. The number of aliphatic carboxylic acids is 1. The first-order valence-electron chi connectivity index (χ1n) is 16.9. The second-order valence-corrected chi connectivity index (χ2v) is 17.3. The molecule has 5 N–H and O–H groups in total. The van der Waals surface area contributed by atoms with E-state index in [4.69, 9.17) is 9.47 Å². The number of hydrogen-bond donors (Lipinski definition) is 5. The van der Waals surface area contributed by atoms with Crippen molar-refractivity contribution in [1.29, 1.82) is 0 Å². The van der Waals surface area contributed by atoms with Gasteiger partial charge in [-0.1, -0.05) is 53.2 Å². The summed E-state index contributed by atoms with van der Waals surface area (Å²) in [7, 11) is 0. The first-order chi connectivity index (χ1) is 20.0. The standard InChI is InChI=1S/C35H56O8/c1-30(2)13-15-35(29(40)41)16-14-33(5)20(21(35)17-30)7-8-24-31(3)11-10-25(43-28-27(39)26(38)22(37)18-42-28)32(4,19-36)23(31)9-12-34(24,33)6/h7,21-28,36-39H,8-19H2,1-6H3,(H,40,41)/t21-,22-,23+,24?,25-,26-,27+,28-,31-,32-,33+,34+,35-/m0/s1. The molecule has 0 aromatic heterocycles. The number of ether oxygens (including phenoxy) is 2. The molecule has 1 heterocycles. The van der Waals surface area contributed by atoms with Gasteiger partial charge in [-0.05, 0) is 104 Å². The van der Waals surface area contributed by atoms with Gasteiger partial charge in [-0.2, -0.15) is 0 Å². The van der Waals surface area contributed by atoms with Gasteiger partial charge in [0.05, 0.1) is 24.7 Å². The van der Waals surface area contributed by atoms with Gasteiger partial charge in [-0.3, -0.25) is 4.79 Å². The van der Waals surface area contributed by atoms with Gasteiger partial charge in [0.25, 0.3) is 0 Å². The maximum atomic E-state index is 12.9. The fraction of sp³-hybridized carbons (Fsp3) is 0.914. The fourth-order valence-electron chi connectivity index (χ4n) is 11.9. The van der Waals surface area contributed by atoms with Gasteiger partial charge in [0.1, 0.15) is 18.3 Å². The summed E-state index contributed by atoms with van der Waals surface area (Å²) in [5.74, 6) is 0.0529. The normalized spacial score (nSPS) is 54.3. The Bertz CT molecular complexity index is 1150. The third kappa shape index (κ3) is 4.32. The Balaban J connectivity index is 1.32. The van der Waals surface area contributed by atoms with Crippen LogP contribution in [0, 0.1) is 50.2 Å². The van der Waals surface area contributed by atoms with Crippen LogP contribution in [-0.4, -0.2) is 75.4 Å². The zero-order valence-corrected chi connectivity index (χ0v) is 27.1. The number of aliphatic hydroxyl groups is 4. The number of aliphatic hydroxyl groups excluding tert-OH is 4. The number of carboxylic acid groups (broad SMARTS) is 1. The van der Waals surface area contributed by atoms with Gasteiger partial charge in [0, 0.05) is 5.41 Å². The number of carboxylic acids is 1. The van der Waals surface area contributed by atoms with Crippen molar-refractivity contribution in [2.45, 2.75) is 136 Å². The van der Waals surface area contributed by atoms with Crippen LogP contribution in [-0.2, 0) is 14.3 Å². The third-order valence-electron chi connectivity index (χ3n) is 14.9. The summed E-state index contributed by atoms with van der Waals surface area (Å²) in [6, 6.07) is 0. The lowest BCUT2D eigenvalue weighted by Crippen LogP contribution is -2.66. The average Bonchev–Trinajstić information content (AvgIpc) is 2.94. The van der Waals surface area contributed by atoms with Crippen LogP contribution < -0.4 is 0 Å².